The van der Waals surface area contributed by atoms with Gasteiger partial charge in [-0.3, -0.25) is 4.99 Å². The number of carboxylic acids is 1. The van der Waals surface area contributed by atoms with E-state index in [4.69, 9.17) is 28.2 Å². The van der Waals surface area contributed by atoms with Gasteiger partial charge in [-0.25, -0.2) is 4.79 Å². The van der Waals surface area contributed by atoms with Gasteiger partial charge in [0, 0.05) is 15.0 Å². The van der Waals surface area contributed by atoms with Gasteiger partial charge >= 0.3 is 5.97 Å². The number of aliphatic imine (C=N–C) groups is 1. The van der Waals surface area contributed by atoms with E-state index in [2.05, 4.69) is 0 Å². The van der Waals surface area contributed by atoms with Crippen LogP contribution in [-0.4, -0.2) is 21.1 Å². The molecule has 0 aliphatic carbocycles. The third-order valence-electron chi connectivity index (χ3n) is 4.86. The number of halogens is 2. The van der Waals surface area contributed by atoms with Gasteiger partial charge in [0.05, 0.1) is 6.04 Å². The van der Waals surface area contributed by atoms with Crippen molar-refractivity contribution < 1.29 is 9.90 Å². The molecule has 2 aromatic rings. The fourth-order valence-electron chi connectivity index (χ4n) is 3.64. The third-order valence-corrected chi connectivity index (χ3v) is 6.49. The summed E-state index contributed by atoms with van der Waals surface area (Å²) in [5, 5.41) is 12.0. The van der Waals surface area contributed by atoms with Gasteiger partial charge in [-0.15, -0.1) is 0 Å². The maximum Gasteiger partial charge on any atom is 0.353 e. The van der Waals surface area contributed by atoms with Crippen LogP contribution in [0.3, 0.4) is 0 Å². The van der Waals surface area contributed by atoms with E-state index >= 15 is 0 Å². The fraction of sp³-hybridized carbons (Fsp3) is 0.238. The standard InChI is InChI=1S/C21H18Cl2N2O2S/c1-2-3-16-19(20(26)27)25-18(13-6-10-15(23)11-7-13)17(24-21(25)28-16)12-4-8-14(22)9-5-12/h4-11,17-18H,2-3H2,1H3,(H,26,27). The first-order chi connectivity index (χ1) is 13.5. The Balaban J connectivity index is 1.83. The highest BCUT2D eigenvalue weighted by molar-refractivity contribution is 8.17. The molecule has 0 aromatic heterocycles. The molecule has 2 aromatic carbocycles. The summed E-state index contributed by atoms with van der Waals surface area (Å²) in [5.74, 6) is -0.920. The van der Waals surface area contributed by atoms with Crippen LogP contribution in [0.4, 0.5) is 0 Å². The Morgan fingerprint density at radius 2 is 1.64 bits per heavy atom. The van der Waals surface area contributed by atoms with Crippen LogP contribution in [0, 0.1) is 0 Å². The lowest BCUT2D eigenvalue weighted by Crippen LogP contribution is -2.30. The summed E-state index contributed by atoms with van der Waals surface area (Å²) in [5.41, 5.74) is 2.30. The van der Waals surface area contributed by atoms with E-state index in [0.29, 0.717) is 15.7 Å². The first-order valence-corrected chi connectivity index (χ1v) is 10.6. The number of amidine groups is 1. The summed E-state index contributed by atoms with van der Waals surface area (Å²) < 4.78 is 0. The molecule has 0 spiro atoms. The van der Waals surface area contributed by atoms with Gasteiger partial charge in [-0.1, -0.05) is 72.6 Å². The minimum atomic E-state index is -0.920. The summed E-state index contributed by atoms with van der Waals surface area (Å²) in [6.45, 7) is 2.05. The van der Waals surface area contributed by atoms with E-state index in [9.17, 15) is 9.90 Å². The van der Waals surface area contributed by atoms with Gasteiger partial charge in [0.15, 0.2) is 5.17 Å². The third kappa shape index (κ3) is 3.43. The van der Waals surface area contributed by atoms with Crippen molar-refractivity contribution in [3.63, 3.8) is 0 Å². The molecule has 4 nitrogen and oxygen atoms in total. The van der Waals surface area contributed by atoms with Gasteiger partial charge in [-0.05, 0) is 41.8 Å². The molecular weight excluding hydrogens is 415 g/mol. The number of hydrogen-bond donors (Lipinski definition) is 1. The molecule has 0 bridgehead atoms. The highest BCUT2D eigenvalue weighted by Crippen LogP contribution is 2.52. The zero-order valence-corrected chi connectivity index (χ0v) is 17.4. The van der Waals surface area contributed by atoms with Gasteiger partial charge in [-0.2, -0.15) is 0 Å². The van der Waals surface area contributed by atoms with Crippen LogP contribution < -0.4 is 0 Å². The van der Waals surface area contributed by atoms with Crippen molar-refractivity contribution in [2.45, 2.75) is 31.8 Å². The second-order valence-corrected chi connectivity index (χ2v) is 8.64. The monoisotopic (exact) mass is 432 g/mol. The summed E-state index contributed by atoms with van der Waals surface area (Å²) in [6, 6.07) is 14.6. The molecule has 2 aliphatic rings. The number of rotatable bonds is 5. The average molecular weight is 433 g/mol. The van der Waals surface area contributed by atoms with Crippen molar-refractivity contribution in [3.8, 4) is 0 Å². The Morgan fingerprint density at radius 1 is 1.07 bits per heavy atom. The normalized spacial score (nSPS) is 21.1. The topological polar surface area (TPSA) is 52.9 Å². The second-order valence-electron chi connectivity index (χ2n) is 6.70. The van der Waals surface area contributed by atoms with E-state index in [1.807, 2.05) is 60.4 Å². The number of carbonyl (C=O) groups is 1. The Bertz CT molecular complexity index is 971. The Hall–Kier alpha value is -1.95. The average Bonchev–Trinajstić information content (AvgIpc) is 3.19. The van der Waals surface area contributed by atoms with E-state index in [0.717, 1.165) is 34.0 Å². The molecule has 28 heavy (non-hydrogen) atoms. The maximum atomic E-state index is 12.1. The number of carboxylic acid groups (broad SMARTS) is 1. The predicted molar refractivity (Wildman–Crippen MR) is 115 cm³/mol. The molecule has 144 valence electrons. The highest BCUT2D eigenvalue weighted by Gasteiger charge is 2.46. The number of fused-ring (bicyclic) bond motifs is 1. The minimum Gasteiger partial charge on any atom is -0.477 e. The largest absolute Gasteiger partial charge is 0.477 e. The van der Waals surface area contributed by atoms with Crippen molar-refractivity contribution >= 4 is 46.1 Å². The minimum absolute atomic E-state index is 0.224. The summed E-state index contributed by atoms with van der Waals surface area (Å²) >= 11 is 13.6. The lowest BCUT2D eigenvalue weighted by atomic mass is 9.93. The molecule has 0 saturated carbocycles. The fourth-order valence-corrected chi connectivity index (χ4v) is 5.17. The van der Waals surface area contributed by atoms with Crippen molar-refractivity contribution in [3.05, 3.63) is 80.3 Å². The van der Waals surface area contributed by atoms with Crippen LogP contribution in [0.25, 0.3) is 0 Å². The smallest absolute Gasteiger partial charge is 0.353 e. The van der Waals surface area contributed by atoms with Crippen molar-refractivity contribution in [1.29, 1.82) is 0 Å². The van der Waals surface area contributed by atoms with Crippen LogP contribution in [0.5, 0.6) is 0 Å². The van der Waals surface area contributed by atoms with Crippen LogP contribution in [-0.2, 0) is 4.79 Å². The number of nitrogens with zero attached hydrogens (tertiary/aromatic N) is 2. The van der Waals surface area contributed by atoms with Crippen molar-refractivity contribution in [2.75, 3.05) is 0 Å². The molecule has 0 radical (unpaired) electrons. The number of benzene rings is 2. The molecule has 0 fully saturated rings. The lowest BCUT2D eigenvalue weighted by Gasteiger charge is -2.28. The Labute approximate surface area is 177 Å². The van der Waals surface area contributed by atoms with E-state index < -0.39 is 5.97 Å². The lowest BCUT2D eigenvalue weighted by molar-refractivity contribution is -0.134. The van der Waals surface area contributed by atoms with Gasteiger partial charge in [0.25, 0.3) is 0 Å². The number of allylic oxidation sites excluding steroid dienone is 1. The van der Waals surface area contributed by atoms with Crippen molar-refractivity contribution in [2.24, 2.45) is 4.99 Å². The molecule has 2 aliphatic heterocycles. The SMILES string of the molecule is CCCC1=C(C(=O)O)N2C(=NC(c3ccc(Cl)cc3)C2c2ccc(Cl)cc2)S1. The number of aliphatic carboxylic acids is 1. The summed E-state index contributed by atoms with van der Waals surface area (Å²) in [7, 11) is 0. The molecule has 0 saturated heterocycles. The molecule has 1 N–H and O–H groups in total. The van der Waals surface area contributed by atoms with Crippen molar-refractivity contribution in [1.82, 2.24) is 4.90 Å². The summed E-state index contributed by atoms with van der Waals surface area (Å²) in [4.78, 5) is 19.8. The highest BCUT2D eigenvalue weighted by atomic mass is 35.5. The molecule has 2 unspecified atom stereocenters. The van der Waals surface area contributed by atoms with E-state index in [1.54, 1.807) is 0 Å². The van der Waals surface area contributed by atoms with Crippen LogP contribution in [0.2, 0.25) is 10.0 Å². The van der Waals surface area contributed by atoms with Gasteiger partial charge < -0.3 is 10.0 Å². The molecule has 2 heterocycles. The zero-order valence-electron chi connectivity index (χ0n) is 15.1. The number of thioether (sulfide) groups is 1. The predicted octanol–water partition coefficient (Wildman–Crippen LogP) is 6.29. The van der Waals surface area contributed by atoms with Crippen LogP contribution in [0.1, 0.15) is 43.0 Å². The van der Waals surface area contributed by atoms with E-state index in [-0.39, 0.29) is 12.1 Å². The van der Waals surface area contributed by atoms with E-state index in [1.165, 1.54) is 11.8 Å². The molecule has 0 amide bonds. The molecule has 7 heteroatoms. The van der Waals surface area contributed by atoms with Crippen LogP contribution in [0.15, 0.2) is 64.1 Å². The second kappa shape index (κ2) is 7.82. The first-order valence-electron chi connectivity index (χ1n) is 9.02. The molecule has 2 atom stereocenters. The molecule has 4 rings (SSSR count). The van der Waals surface area contributed by atoms with Gasteiger partial charge in [0.1, 0.15) is 11.7 Å². The van der Waals surface area contributed by atoms with Crippen LogP contribution >= 0.6 is 35.0 Å². The Kier molecular flexibility index (Phi) is 5.41. The maximum absolute atomic E-state index is 12.1. The number of hydrogen-bond acceptors (Lipinski definition) is 4. The molecular formula is C21H18Cl2N2O2S. The Morgan fingerprint density at radius 3 is 2.18 bits per heavy atom. The summed E-state index contributed by atoms with van der Waals surface area (Å²) in [6.07, 6.45) is 1.60. The zero-order chi connectivity index (χ0) is 19.8. The quantitative estimate of drug-likeness (QED) is 0.602. The first kappa shape index (κ1) is 19.4. The van der Waals surface area contributed by atoms with Gasteiger partial charge in [0.2, 0.25) is 0 Å².